The van der Waals surface area contributed by atoms with Crippen LogP contribution in [0, 0.1) is 0 Å². The number of likely N-dealkylation sites (tertiary alicyclic amines) is 1. The van der Waals surface area contributed by atoms with E-state index in [9.17, 15) is 9.90 Å². The van der Waals surface area contributed by atoms with Gasteiger partial charge in [0.15, 0.2) is 0 Å². The topological polar surface area (TPSA) is 40.5 Å². The molecule has 1 aliphatic carbocycles. The lowest BCUT2D eigenvalue weighted by atomic mass is 9.82. The molecule has 1 unspecified atom stereocenters. The fourth-order valence-corrected chi connectivity index (χ4v) is 3.53. The number of rotatable bonds is 2. The first-order valence-corrected chi connectivity index (χ1v) is 7.30. The summed E-state index contributed by atoms with van der Waals surface area (Å²) in [6.07, 6.45) is 5.08. The molecule has 1 amide bonds. The number of aliphatic hydroxyl groups excluding tert-OH is 1. The maximum atomic E-state index is 12.7. The molecule has 1 fully saturated rings. The van der Waals surface area contributed by atoms with E-state index in [0.717, 1.165) is 38.6 Å². The Bertz CT molecular complexity index is 472. The fraction of sp³-hybridized carbons (Fsp3) is 0.562. The van der Waals surface area contributed by atoms with Crippen LogP contribution in [0.1, 0.15) is 42.7 Å². The second-order valence-corrected chi connectivity index (χ2v) is 5.65. The van der Waals surface area contributed by atoms with Crippen LogP contribution in [0.5, 0.6) is 0 Å². The smallest absolute Gasteiger partial charge is 0.230 e. The van der Waals surface area contributed by atoms with E-state index >= 15 is 0 Å². The highest BCUT2D eigenvalue weighted by atomic mass is 16.3. The Balaban J connectivity index is 1.85. The Morgan fingerprint density at radius 3 is 2.95 bits per heavy atom. The van der Waals surface area contributed by atoms with E-state index in [1.807, 2.05) is 11.0 Å². The van der Waals surface area contributed by atoms with Gasteiger partial charge in [-0.25, -0.2) is 0 Å². The molecular formula is C16H21NO2. The van der Waals surface area contributed by atoms with Gasteiger partial charge in [-0.05, 0) is 43.2 Å². The van der Waals surface area contributed by atoms with Crippen molar-refractivity contribution in [3.05, 3.63) is 35.4 Å². The highest BCUT2D eigenvalue weighted by Crippen LogP contribution is 2.34. The Morgan fingerprint density at radius 2 is 2.11 bits per heavy atom. The molecule has 102 valence electrons. The van der Waals surface area contributed by atoms with Crippen LogP contribution >= 0.6 is 0 Å². The minimum absolute atomic E-state index is 0.0112. The van der Waals surface area contributed by atoms with Gasteiger partial charge >= 0.3 is 0 Å². The third kappa shape index (κ3) is 2.27. The van der Waals surface area contributed by atoms with Crippen molar-refractivity contribution < 1.29 is 9.90 Å². The summed E-state index contributed by atoms with van der Waals surface area (Å²) in [5.41, 5.74) is 2.54. The van der Waals surface area contributed by atoms with Gasteiger partial charge in [-0.2, -0.15) is 0 Å². The van der Waals surface area contributed by atoms with Crippen molar-refractivity contribution >= 4 is 5.91 Å². The number of nitrogens with zero attached hydrogens (tertiary/aromatic N) is 1. The first kappa shape index (κ1) is 12.7. The molecule has 0 saturated carbocycles. The molecule has 3 heteroatoms. The van der Waals surface area contributed by atoms with E-state index in [1.54, 1.807) is 0 Å². The predicted octanol–water partition coefficient (Wildman–Crippen LogP) is 2.09. The molecular weight excluding hydrogens is 238 g/mol. The fourth-order valence-electron chi connectivity index (χ4n) is 3.53. The van der Waals surface area contributed by atoms with Crippen LogP contribution in [0.15, 0.2) is 24.3 Å². The van der Waals surface area contributed by atoms with Gasteiger partial charge in [0, 0.05) is 6.54 Å². The molecule has 19 heavy (non-hydrogen) atoms. The van der Waals surface area contributed by atoms with Crippen LogP contribution in [-0.4, -0.2) is 35.1 Å². The molecule has 1 aromatic rings. The third-order valence-corrected chi connectivity index (χ3v) is 4.54. The van der Waals surface area contributed by atoms with Crippen LogP contribution in [0.4, 0.5) is 0 Å². The minimum atomic E-state index is 0.0112. The summed E-state index contributed by atoms with van der Waals surface area (Å²) in [4.78, 5) is 14.7. The Labute approximate surface area is 114 Å². The average Bonchev–Trinajstić information content (AvgIpc) is 2.94. The molecule has 1 aromatic carbocycles. The van der Waals surface area contributed by atoms with E-state index < -0.39 is 0 Å². The number of fused-ring (bicyclic) bond motifs is 1. The number of benzene rings is 1. The van der Waals surface area contributed by atoms with E-state index in [4.69, 9.17) is 0 Å². The SMILES string of the molecule is O=C(C1CCCc2ccccc21)N1CCC[C@H]1CO. The summed E-state index contributed by atoms with van der Waals surface area (Å²) in [7, 11) is 0. The van der Waals surface area contributed by atoms with Crippen molar-refractivity contribution in [1.82, 2.24) is 4.90 Å². The second kappa shape index (κ2) is 5.33. The number of aryl methyl sites for hydroxylation is 1. The molecule has 1 aliphatic heterocycles. The maximum absolute atomic E-state index is 12.7. The largest absolute Gasteiger partial charge is 0.394 e. The molecule has 1 heterocycles. The van der Waals surface area contributed by atoms with Crippen LogP contribution < -0.4 is 0 Å². The van der Waals surface area contributed by atoms with Gasteiger partial charge < -0.3 is 10.0 Å². The number of aliphatic hydroxyl groups is 1. The van der Waals surface area contributed by atoms with Crippen molar-refractivity contribution in [3.8, 4) is 0 Å². The van der Waals surface area contributed by atoms with Crippen molar-refractivity contribution in [2.45, 2.75) is 44.1 Å². The van der Waals surface area contributed by atoms with Gasteiger partial charge in [0.05, 0.1) is 18.6 Å². The Hall–Kier alpha value is -1.35. The average molecular weight is 259 g/mol. The second-order valence-electron chi connectivity index (χ2n) is 5.65. The molecule has 1 saturated heterocycles. The highest BCUT2D eigenvalue weighted by Gasteiger charge is 2.35. The summed E-state index contributed by atoms with van der Waals surface area (Å²) in [5.74, 6) is 0.237. The van der Waals surface area contributed by atoms with Gasteiger partial charge in [-0.3, -0.25) is 4.79 Å². The predicted molar refractivity (Wildman–Crippen MR) is 73.9 cm³/mol. The number of carbonyl (C=O) groups is 1. The molecule has 3 rings (SSSR count). The maximum Gasteiger partial charge on any atom is 0.230 e. The summed E-state index contributed by atoms with van der Waals surface area (Å²) in [5, 5.41) is 9.39. The monoisotopic (exact) mass is 259 g/mol. The Morgan fingerprint density at radius 1 is 1.26 bits per heavy atom. The van der Waals surface area contributed by atoms with Crippen molar-refractivity contribution in [1.29, 1.82) is 0 Å². The van der Waals surface area contributed by atoms with Gasteiger partial charge in [0.25, 0.3) is 0 Å². The van der Waals surface area contributed by atoms with Gasteiger partial charge in [-0.1, -0.05) is 24.3 Å². The first-order valence-electron chi connectivity index (χ1n) is 7.30. The molecule has 0 bridgehead atoms. The van der Waals surface area contributed by atoms with Gasteiger partial charge in [-0.15, -0.1) is 0 Å². The molecule has 1 N–H and O–H groups in total. The lowest BCUT2D eigenvalue weighted by Crippen LogP contribution is -2.41. The number of hydrogen-bond acceptors (Lipinski definition) is 2. The van der Waals surface area contributed by atoms with E-state index in [0.29, 0.717) is 0 Å². The van der Waals surface area contributed by atoms with Crippen LogP contribution in [-0.2, 0) is 11.2 Å². The van der Waals surface area contributed by atoms with Crippen LogP contribution in [0.2, 0.25) is 0 Å². The quantitative estimate of drug-likeness (QED) is 0.883. The normalized spacial score (nSPS) is 26.3. The minimum Gasteiger partial charge on any atom is -0.394 e. The third-order valence-electron chi connectivity index (χ3n) is 4.54. The summed E-state index contributed by atoms with van der Waals surface area (Å²) in [6.45, 7) is 0.906. The molecule has 2 atom stereocenters. The number of amides is 1. The van der Waals surface area contributed by atoms with Crippen LogP contribution in [0.25, 0.3) is 0 Å². The molecule has 2 aliphatic rings. The van der Waals surface area contributed by atoms with Crippen molar-refractivity contribution in [2.75, 3.05) is 13.2 Å². The highest BCUT2D eigenvalue weighted by molar-refractivity contribution is 5.85. The summed E-state index contributed by atoms with van der Waals surface area (Å²) < 4.78 is 0. The standard InChI is InChI=1S/C16H21NO2/c18-11-13-7-4-10-17(13)16(19)15-9-3-6-12-5-1-2-8-14(12)15/h1-2,5,8,13,15,18H,3-4,6-7,9-11H2/t13-,15?/m0/s1. The van der Waals surface area contributed by atoms with E-state index in [1.165, 1.54) is 11.1 Å². The summed E-state index contributed by atoms with van der Waals surface area (Å²) in [6, 6.07) is 8.36. The van der Waals surface area contributed by atoms with Crippen molar-refractivity contribution in [3.63, 3.8) is 0 Å². The summed E-state index contributed by atoms with van der Waals surface area (Å²) >= 11 is 0. The lowest BCUT2D eigenvalue weighted by Gasteiger charge is -2.31. The van der Waals surface area contributed by atoms with Gasteiger partial charge in [0.2, 0.25) is 5.91 Å². The number of hydrogen-bond donors (Lipinski definition) is 1. The molecule has 3 nitrogen and oxygen atoms in total. The first-order chi connectivity index (χ1) is 9.31. The molecule has 0 spiro atoms. The Kier molecular flexibility index (Phi) is 3.56. The van der Waals surface area contributed by atoms with Gasteiger partial charge in [0.1, 0.15) is 0 Å². The lowest BCUT2D eigenvalue weighted by molar-refractivity contribution is -0.134. The molecule has 0 radical (unpaired) electrons. The number of carbonyl (C=O) groups excluding carboxylic acids is 1. The molecule has 0 aromatic heterocycles. The van der Waals surface area contributed by atoms with Crippen LogP contribution in [0.3, 0.4) is 0 Å². The zero-order valence-electron chi connectivity index (χ0n) is 11.2. The zero-order chi connectivity index (χ0) is 13.2. The van der Waals surface area contributed by atoms with Crippen molar-refractivity contribution in [2.24, 2.45) is 0 Å². The van der Waals surface area contributed by atoms with E-state index in [-0.39, 0.29) is 24.5 Å². The zero-order valence-corrected chi connectivity index (χ0v) is 11.2. The van der Waals surface area contributed by atoms with E-state index in [2.05, 4.69) is 18.2 Å².